The van der Waals surface area contributed by atoms with Crippen molar-refractivity contribution in [3.8, 4) is 0 Å². The Morgan fingerprint density at radius 1 is 0.964 bits per heavy atom. The standard InChI is InChI=1S/C24H23N3O/c1-16-8-12-20(13-9-16)26-24-25-17(2)23-21(27-24)14-19(15-22(23)28)11-10-18-6-4-3-5-7-18/h3-13,19H,14-15H2,1-2H3,(H,25,26,27)/b11-10+/t19-/m1/s1. The van der Waals surface area contributed by atoms with Crippen LogP contribution in [0.3, 0.4) is 0 Å². The summed E-state index contributed by atoms with van der Waals surface area (Å²) in [5, 5.41) is 3.26. The van der Waals surface area contributed by atoms with E-state index in [9.17, 15) is 4.79 Å². The number of Topliss-reactive ketones (excluding diaryl/α,β-unsaturated/α-hetero) is 1. The number of ketones is 1. The first-order chi connectivity index (χ1) is 13.6. The molecule has 0 spiro atoms. The molecule has 2 aromatic carbocycles. The van der Waals surface area contributed by atoms with Crippen LogP contribution in [0.2, 0.25) is 0 Å². The summed E-state index contributed by atoms with van der Waals surface area (Å²) in [5.74, 6) is 0.825. The fraction of sp³-hybridized carbons (Fsp3) is 0.208. The van der Waals surface area contributed by atoms with E-state index in [-0.39, 0.29) is 11.7 Å². The van der Waals surface area contributed by atoms with E-state index in [0.717, 1.165) is 29.1 Å². The number of rotatable bonds is 4. The number of benzene rings is 2. The van der Waals surface area contributed by atoms with Crippen LogP contribution in [0.15, 0.2) is 60.7 Å². The zero-order valence-electron chi connectivity index (χ0n) is 16.1. The Morgan fingerprint density at radius 3 is 2.46 bits per heavy atom. The number of fused-ring (bicyclic) bond motifs is 1. The third-order valence-corrected chi connectivity index (χ3v) is 5.01. The minimum atomic E-state index is 0.128. The molecule has 1 aliphatic carbocycles. The second-order valence-electron chi connectivity index (χ2n) is 7.31. The van der Waals surface area contributed by atoms with Gasteiger partial charge in [0.25, 0.3) is 0 Å². The summed E-state index contributed by atoms with van der Waals surface area (Å²) in [7, 11) is 0. The molecule has 0 fully saturated rings. The quantitative estimate of drug-likeness (QED) is 0.678. The predicted molar refractivity (Wildman–Crippen MR) is 113 cm³/mol. The highest BCUT2D eigenvalue weighted by atomic mass is 16.1. The largest absolute Gasteiger partial charge is 0.324 e. The summed E-state index contributed by atoms with van der Waals surface area (Å²) in [6.07, 6.45) is 5.46. The molecule has 3 aromatic rings. The molecular weight excluding hydrogens is 346 g/mol. The molecule has 28 heavy (non-hydrogen) atoms. The molecule has 1 N–H and O–H groups in total. The summed E-state index contributed by atoms with van der Waals surface area (Å²) >= 11 is 0. The van der Waals surface area contributed by atoms with Gasteiger partial charge in [0.15, 0.2) is 5.78 Å². The molecule has 0 saturated heterocycles. The Kier molecular flexibility index (Phi) is 5.02. The van der Waals surface area contributed by atoms with Gasteiger partial charge in [-0.15, -0.1) is 0 Å². The average molecular weight is 369 g/mol. The minimum absolute atomic E-state index is 0.128. The van der Waals surface area contributed by atoms with E-state index in [2.05, 4.69) is 46.5 Å². The highest BCUT2D eigenvalue weighted by Crippen LogP contribution is 2.29. The number of aromatic nitrogens is 2. The zero-order valence-corrected chi connectivity index (χ0v) is 16.1. The van der Waals surface area contributed by atoms with Crippen molar-refractivity contribution in [1.82, 2.24) is 9.97 Å². The smallest absolute Gasteiger partial charge is 0.227 e. The first-order valence-corrected chi connectivity index (χ1v) is 9.56. The Morgan fingerprint density at radius 2 is 1.71 bits per heavy atom. The highest BCUT2D eigenvalue weighted by Gasteiger charge is 2.27. The van der Waals surface area contributed by atoms with Crippen LogP contribution in [0.1, 0.15) is 39.3 Å². The SMILES string of the molecule is Cc1ccc(Nc2nc(C)c3c(n2)C[C@@H](/C=C/c2ccccc2)CC3=O)cc1. The molecule has 4 nitrogen and oxygen atoms in total. The van der Waals surface area contributed by atoms with Gasteiger partial charge in [0.1, 0.15) is 0 Å². The average Bonchev–Trinajstić information content (AvgIpc) is 2.68. The van der Waals surface area contributed by atoms with Crippen molar-refractivity contribution in [3.63, 3.8) is 0 Å². The maximum absolute atomic E-state index is 12.7. The lowest BCUT2D eigenvalue weighted by Gasteiger charge is -2.22. The summed E-state index contributed by atoms with van der Waals surface area (Å²) in [6.45, 7) is 3.94. The van der Waals surface area contributed by atoms with Crippen molar-refractivity contribution in [1.29, 1.82) is 0 Å². The summed E-state index contributed by atoms with van der Waals surface area (Å²) < 4.78 is 0. The van der Waals surface area contributed by atoms with E-state index < -0.39 is 0 Å². The number of nitrogens with one attached hydrogen (secondary N) is 1. The van der Waals surface area contributed by atoms with Gasteiger partial charge in [-0.05, 0) is 43.9 Å². The monoisotopic (exact) mass is 369 g/mol. The summed E-state index contributed by atoms with van der Waals surface area (Å²) in [5.41, 5.74) is 5.55. The molecule has 1 aliphatic rings. The number of anilines is 2. The first kappa shape index (κ1) is 18.1. The van der Waals surface area contributed by atoms with E-state index in [4.69, 9.17) is 0 Å². The van der Waals surface area contributed by atoms with Crippen molar-refractivity contribution < 1.29 is 4.79 Å². The molecule has 1 atom stereocenters. The topological polar surface area (TPSA) is 54.9 Å². The lowest BCUT2D eigenvalue weighted by Crippen LogP contribution is -2.22. The Labute approximate surface area is 165 Å². The van der Waals surface area contributed by atoms with Gasteiger partial charge in [-0.3, -0.25) is 4.79 Å². The van der Waals surface area contributed by atoms with E-state index in [1.165, 1.54) is 5.56 Å². The van der Waals surface area contributed by atoms with Crippen LogP contribution in [-0.4, -0.2) is 15.8 Å². The van der Waals surface area contributed by atoms with Crippen molar-refractivity contribution in [3.05, 3.63) is 88.8 Å². The summed E-state index contributed by atoms with van der Waals surface area (Å²) in [4.78, 5) is 21.9. The van der Waals surface area contributed by atoms with Gasteiger partial charge in [-0.1, -0.05) is 60.2 Å². The number of nitrogens with zero attached hydrogens (tertiary/aromatic N) is 2. The van der Waals surface area contributed by atoms with E-state index in [0.29, 0.717) is 17.9 Å². The van der Waals surface area contributed by atoms with Gasteiger partial charge < -0.3 is 5.32 Å². The highest BCUT2D eigenvalue weighted by molar-refractivity contribution is 5.99. The minimum Gasteiger partial charge on any atom is -0.324 e. The molecule has 0 radical (unpaired) electrons. The fourth-order valence-corrected chi connectivity index (χ4v) is 3.57. The van der Waals surface area contributed by atoms with Gasteiger partial charge in [0.05, 0.1) is 17.0 Å². The number of carbonyl (C=O) groups excluding carboxylic acids is 1. The number of hydrogen-bond donors (Lipinski definition) is 1. The third kappa shape index (κ3) is 4.01. The molecule has 140 valence electrons. The van der Waals surface area contributed by atoms with Gasteiger partial charge in [0.2, 0.25) is 5.95 Å². The number of hydrogen-bond acceptors (Lipinski definition) is 4. The molecule has 0 bridgehead atoms. The first-order valence-electron chi connectivity index (χ1n) is 9.56. The molecule has 4 heteroatoms. The molecule has 0 unspecified atom stereocenters. The summed E-state index contributed by atoms with van der Waals surface area (Å²) in [6, 6.07) is 18.2. The lowest BCUT2D eigenvalue weighted by molar-refractivity contribution is 0.0957. The molecule has 1 aromatic heterocycles. The normalized spacial score (nSPS) is 16.2. The van der Waals surface area contributed by atoms with Gasteiger partial charge in [-0.2, -0.15) is 0 Å². The van der Waals surface area contributed by atoms with E-state index in [1.807, 2.05) is 49.4 Å². The van der Waals surface area contributed by atoms with Crippen LogP contribution in [0, 0.1) is 19.8 Å². The maximum atomic E-state index is 12.7. The van der Waals surface area contributed by atoms with Crippen molar-refractivity contribution >= 4 is 23.5 Å². The van der Waals surface area contributed by atoms with Crippen molar-refractivity contribution in [2.75, 3.05) is 5.32 Å². The van der Waals surface area contributed by atoms with Crippen LogP contribution in [-0.2, 0) is 6.42 Å². The molecule has 0 saturated carbocycles. The van der Waals surface area contributed by atoms with Crippen LogP contribution >= 0.6 is 0 Å². The van der Waals surface area contributed by atoms with E-state index >= 15 is 0 Å². The fourth-order valence-electron chi connectivity index (χ4n) is 3.57. The van der Waals surface area contributed by atoms with Crippen molar-refractivity contribution in [2.45, 2.75) is 26.7 Å². The second-order valence-corrected chi connectivity index (χ2v) is 7.31. The van der Waals surface area contributed by atoms with E-state index in [1.54, 1.807) is 0 Å². The van der Waals surface area contributed by atoms with Gasteiger partial charge in [0, 0.05) is 12.1 Å². The predicted octanol–water partition coefficient (Wildman–Crippen LogP) is 5.30. The van der Waals surface area contributed by atoms with Crippen LogP contribution in [0.4, 0.5) is 11.6 Å². The van der Waals surface area contributed by atoms with Crippen LogP contribution in [0.5, 0.6) is 0 Å². The lowest BCUT2D eigenvalue weighted by atomic mass is 9.85. The second kappa shape index (κ2) is 7.77. The van der Waals surface area contributed by atoms with Crippen LogP contribution in [0.25, 0.3) is 6.08 Å². The van der Waals surface area contributed by atoms with Gasteiger partial charge >= 0.3 is 0 Å². The Hall–Kier alpha value is -3.27. The zero-order chi connectivity index (χ0) is 19.5. The molecule has 1 heterocycles. The molecule has 4 rings (SSSR count). The van der Waals surface area contributed by atoms with Gasteiger partial charge in [-0.25, -0.2) is 9.97 Å². The number of aryl methyl sites for hydroxylation is 2. The molecular formula is C24H23N3O. The van der Waals surface area contributed by atoms with Crippen LogP contribution < -0.4 is 5.32 Å². The third-order valence-electron chi connectivity index (χ3n) is 5.01. The number of allylic oxidation sites excluding steroid dienone is 1. The maximum Gasteiger partial charge on any atom is 0.227 e. The molecule has 0 amide bonds. The number of carbonyl (C=O) groups is 1. The Bertz CT molecular complexity index is 1020. The molecule has 0 aliphatic heterocycles. The van der Waals surface area contributed by atoms with Crippen molar-refractivity contribution in [2.24, 2.45) is 5.92 Å². The Balaban J connectivity index is 1.58.